The lowest BCUT2D eigenvalue weighted by molar-refractivity contribution is 0.461. The minimum absolute atomic E-state index is 0.0273. The van der Waals surface area contributed by atoms with Gasteiger partial charge in [0.15, 0.2) is 5.75 Å². The molecule has 2 aromatic heterocycles. The van der Waals surface area contributed by atoms with Gasteiger partial charge in [-0.15, -0.1) is 11.3 Å². The van der Waals surface area contributed by atoms with Crippen LogP contribution in [0.4, 0.5) is 0 Å². The lowest BCUT2D eigenvalue weighted by atomic mass is 10.2. The molecule has 5 heteroatoms. The van der Waals surface area contributed by atoms with Gasteiger partial charge in [-0.1, -0.05) is 6.07 Å². The first-order chi connectivity index (χ1) is 7.11. The molecule has 0 fully saturated rings. The highest BCUT2D eigenvalue weighted by molar-refractivity contribution is 7.13. The van der Waals surface area contributed by atoms with Crippen molar-refractivity contribution in [2.45, 2.75) is 6.92 Å². The monoisotopic (exact) mass is 222 g/mol. The van der Waals surface area contributed by atoms with Gasteiger partial charge in [-0.3, -0.25) is 4.79 Å². The van der Waals surface area contributed by atoms with Crippen LogP contribution in [0.5, 0.6) is 5.75 Å². The summed E-state index contributed by atoms with van der Waals surface area (Å²) in [6, 6.07) is 3.65. The van der Waals surface area contributed by atoms with Crippen LogP contribution in [0.25, 0.3) is 10.4 Å². The molecule has 4 nitrogen and oxygen atoms in total. The Morgan fingerprint density at radius 2 is 2.27 bits per heavy atom. The van der Waals surface area contributed by atoms with Crippen LogP contribution in [0.3, 0.4) is 0 Å². The fourth-order valence-corrected chi connectivity index (χ4v) is 2.17. The van der Waals surface area contributed by atoms with Crippen molar-refractivity contribution in [3.8, 4) is 16.2 Å². The number of aryl methyl sites for hydroxylation is 2. The summed E-state index contributed by atoms with van der Waals surface area (Å²) in [6.45, 7) is 1.67. The standard InChI is InChI=1S/C10H10N2O2S/c1-6-9(13)8(7-4-3-5-15-7)10(14)12(2)11-6/h3-5,13H,1-2H3. The van der Waals surface area contributed by atoms with E-state index in [4.69, 9.17) is 0 Å². The van der Waals surface area contributed by atoms with E-state index in [1.54, 1.807) is 20.0 Å². The summed E-state index contributed by atoms with van der Waals surface area (Å²) < 4.78 is 1.24. The third-order valence-corrected chi connectivity index (χ3v) is 3.04. The molecule has 15 heavy (non-hydrogen) atoms. The zero-order valence-corrected chi connectivity index (χ0v) is 9.21. The van der Waals surface area contributed by atoms with E-state index < -0.39 is 0 Å². The minimum Gasteiger partial charge on any atom is -0.505 e. The second-order valence-corrected chi connectivity index (χ2v) is 4.16. The molecule has 78 valence electrons. The summed E-state index contributed by atoms with van der Waals surface area (Å²) in [5.74, 6) is -0.0273. The van der Waals surface area contributed by atoms with Crippen LogP contribution >= 0.6 is 11.3 Å². The molecule has 0 saturated carbocycles. The summed E-state index contributed by atoms with van der Waals surface area (Å²) in [4.78, 5) is 12.5. The van der Waals surface area contributed by atoms with Crippen LogP contribution in [0.2, 0.25) is 0 Å². The molecule has 0 amide bonds. The zero-order chi connectivity index (χ0) is 11.0. The van der Waals surface area contributed by atoms with Gasteiger partial charge < -0.3 is 5.11 Å². The maximum atomic E-state index is 11.8. The second-order valence-electron chi connectivity index (χ2n) is 3.22. The second kappa shape index (κ2) is 3.51. The Morgan fingerprint density at radius 1 is 1.53 bits per heavy atom. The predicted octanol–water partition coefficient (Wildman–Crippen LogP) is 1.52. The summed E-state index contributed by atoms with van der Waals surface area (Å²) in [6.07, 6.45) is 0. The number of rotatable bonds is 1. The predicted molar refractivity (Wildman–Crippen MR) is 59.2 cm³/mol. The molecule has 0 aliphatic rings. The van der Waals surface area contributed by atoms with Crippen molar-refractivity contribution < 1.29 is 5.11 Å². The van der Waals surface area contributed by atoms with Crippen molar-refractivity contribution in [1.82, 2.24) is 9.78 Å². The molecule has 0 atom stereocenters. The molecule has 0 unspecified atom stereocenters. The van der Waals surface area contributed by atoms with Gasteiger partial charge in [-0.05, 0) is 18.4 Å². The molecule has 0 aromatic carbocycles. The molecule has 0 bridgehead atoms. The van der Waals surface area contributed by atoms with Crippen molar-refractivity contribution in [1.29, 1.82) is 0 Å². The van der Waals surface area contributed by atoms with Crippen molar-refractivity contribution in [3.05, 3.63) is 33.6 Å². The van der Waals surface area contributed by atoms with Crippen LogP contribution in [-0.4, -0.2) is 14.9 Å². The van der Waals surface area contributed by atoms with Crippen LogP contribution in [0.1, 0.15) is 5.69 Å². The molecular weight excluding hydrogens is 212 g/mol. The van der Waals surface area contributed by atoms with Crippen LogP contribution in [-0.2, 0) is 7.05 Å². The molecule has 0 aliphatic carbocycles. The van der Waals surface area contributed by atoms with Gasteiger partial charge in [0.25, 0.3) is 5.56 Å². The average molecular weight is 222 g/mol. The maximum Gasteiger partial charge on any atom is 0.278 e. The van der Waals surface area contributed by atoms with E-state index in [9.17, 15) is 9.90 Å². The number of hydrogen-bond donors (Lipinski definition) is 1. The quantitative estimate of drug-likeness (QED) is 0.796. The Bertz CT molecular complexity index is 543. The molecule has 0 spiro atoms. The van der Waals surface area contributed by atoms with Gasteiger partial charge in [0.2, 0.25) is 0 Å². The summed E-state index contributed by atoms with van der Waals surface area (Å²) in [5.41, 5.74) is 0.515. The molecule has 0 saturated heterocycles. The Morgan fingerprint density at radius 3 is 2.87 bits per heavy atom. The van der Waals surface area contributed by atoms with E-state index in [2.05, 4.69) is 5.10 Å². The van der Waals surface area contributed by atoms with Gasteiger partial charge in [0, 0.05) is 11.9 Å². The van der Waals surface area contributed by atoms with E-state index in [1.165, 1.54) is 16.0 Å². The van der Waals surface area contributed by atoms with E-state index in [0.29, 0.717) is 11.3 Å². The molecular formula is C10H10N2O2S. The highest BCUT2D eigenvalue weighted by atomic mass is 32.1. The Hall–Kier alpha value is -1.62. The molecule has 2 rings (SSSR count). The summed E-state index contributed by atoms with van der Waals surface area (Å²) >= 11 is 1.42. The first-order valence-corrected chi connectivity index (χ1v) is 5.30. The van der Waals surface area contributed by atoms with E-state index in [-0.39, 0.29) is 11.3 Å². The minimum atomic E-state index is -0.277. The Balaban J connectivity index is 2.81. The number of aromatic hydroxyl groups is 1. The van der Waals surface area contributed by atoms with Gasteiger partial charge in [0.05, 0.1) is 0 Å². The van der Waals surface area contributed by atoms with Gasteiger partial charge in [-0.25, -0.2) is 4.68 Å². The lowest BCUT2D eigenvalue weighted by Gasteiger charge is -2.06. The molecule has 0 radical (unpaired) electrons. The Kier molecular flexibility index (Phi) is 2.32. The van der Waals surface area contributed by atoms with E-state index in [0.717, 1.165) is 4.88 Å². The summed E-state index contributed by atoms with van der Waals surface area (Å²) in [5, 5.41) is 15.6. The van der Waals surface area contributed by atoms with Crippen molar-refractivity contribution in [3.63, 3.8) is 0 Å². The topological polar surface area (TPSA) is 55.1 Å². The van der Waals surface area contributed by atoms with Crippen LogP contribution in [0, 0.1) is 6.92 Å². The molecule has 1 N–H and O–H groups in total. The molecule has 2 heterocycles. The zero-order valence-electron chi connectivity index (χ0n) is 8.39. The van der Waals surface area contributed by atoms with Crippen molar-refractivity contribution in [2.24, 2.45) is 7.05 Å². The first kappa shape index (κ1) is 9.92. The Labute approximate surface area is 90.4 Å². The van der Waals surface area contributed by atoms with E-state index in [1.807, 2.05) is 11.4 Å². The third kappa shape index (κ3) is 1.55. The fraction of sp³-hybridized carbons (Fsp3) is 0.200. The van der Waals surface area contributed by atoms with Crippen LogP contribution in [0.15, 0.2) is 22.3 Å². The third-order valence-electron chi connectivity index (χ3n) is 2.15. The SMILES string of the molecule is Cc1nn(C)c(=O)c(-c2cccs2)c1O. The fourth-order valence-electron chi connectivity index (χ4n) is 1.40. The number of nitrogens with zero attached hydrogens (tertiary/aromatic N) is 2. The van der Waals surface area contributed by atoms with Gasteiger partial charge in [-0.2, -0.15) is 5.10 Å². The smallest absolute Gasteiger partial charge is 0.278 e. The average Bonchev–Trinajstić information content (AvgIpc) is 2.69. The van der Waals surface area contributed by atoms with Gasteiger partial charge in [0.1, 0.15) is 11.3 Å². The maximum absolute atomic E-state index is 11.8. The van der Waals surface area contributed by atoms with Crippen molar-refractivity contribution >= 4 is 11.3 Å². The summed E-state index contributed by atoms with van der Waals surface area (Å²) in [7, 11) is 1.58. The number of hydrogen-bond acceptors (Lipinski definition) is 4. The first-order valence-electron chi connectivity index (χ1n) is 4.42. The largest absolute Gasteiger partial charge is 0.505 e. The number of aromatic nitrogens is 2. The molecule has 2 aromatic rings. The highest BCUT2D eigenvalue weighted by Gasteiger charge is 2.15. The van der Waals surface area contributed by atoms with Crippen LogP contribution < -0.4 is 5.56 Å². The van der Waals surface area contributed by atoms with Crippen molar-refractivity contribution in [2.75, 3.05) is 0 Å². The molecule has 0 aliphatic heterocycles. The highest BCUT2D eigenvalue weighted by Crippen LogP contribution is 2.30. The van der Waals surface area contributed by atoms with E-state index >= 15 is 0 Å². The lowest BCUT2D eigenvalue weighted by Crippen LogP contribution is -2.21. The van der Waals surface area contributed by atoms with Gasteiger partial charge >= 0.3 is 0 Å². The normalized spacial score (nSPS) is 10.5. The number of thiophene rings is 1.